The summed E-state index contributed by atoms with van der Waals surface area (Å²) in [5, 5.41) is 14.6. The number of benzene rings is 2. The molecule has 0 aliphatic carbocycles. The predicted octanol–water partition coefficient (Wildman–Crippen LogP) is 3.80. The number of halogens is 1. The molecule has 3 rings (SSSR count). The lowest BCUT2D eigenvalue weighted by Crippen LogP contribution is -1.96. The molecule has 25 heavy (non-hydrogen) atoms. The minimum absolute atomic E-state index is 0.0543. The highest BCUT2D eigenvalue weighted by Crippen LogP contribution is 2.32. The van der Waals surface area contributed by atoms with Crippen LogP contribution in [0.2, 0.25) is 0 Å². The van der Waals surface area contributed by atoms with Gasteiger partial charge < -0.3 is 14.0 Å². The molecule has 8 nitrogen and oxygen atoms in total. The molecule has 0 atom stereocenters. The van der Waals surface area contributed by atoms with Gasteiger partial charge >= 0.3 is 5.69 Å². The molecule has 0 fully saturated rings. The van der Waals surface area contributed by atoms with Gasteiger partial charge in [0.25, 0.3) is 5.89 Å². The zero-order valence-corrected chi connectivity index (χ0v) is 13.0. The summed E-state index contributed by atoms with van der Waals surface area (Å²) in [7, 11) is 0. The highest BCUT2D eigenvalue weighted by molar-refractivity contribution is 5.48. The van der Waals surface area contributed by atoms with Crippen LogP contribution in [-0.4, -0.2) is 15.1 Å². The SMILES string of the molecule is Cc1noc(COc2ccc(Oc3ccc(F)cc3[N+](=O)[O-])cc2)n1. The van der Waals surface area contributed by atoms with Gasteiger partial charge in [-0.15, -0.1) is 0 Å². The Bertz CT molecular complexity index is 895. The molecule has 0 saturated carbocycles. The third-order valence-corrected chi connectivity index (χ3v) is 3.10. The Hall–Kier alpha value is -3.49. The summed E-state index contributed by atoms with van der Waals surface area (Å²) in [6.07, 6.45) is 0. The third-order valence-electron chi connectivity index (χ3n) is 3.10. The highest BCUT2D eigenvalue weighted by Gasteiger charge is 2.17. The molecule has 0 radical (unpaired) electrons. The van der Waals surface area contributed by atoms with Gasteiger partial charge in [0, 0.05) is 0 Å². The van der Waals surface area contributed by atoms with Gasteiger partial charge in [0.15, 0.2) is 12.4 Å². The lowest BCUT2D eigenvalue weighted by atomic mass is 10.3. The smallest absolute Gasteiger partial charge is 0.314 e. The number of ether oxygens (including phenoxy) is 2. The van der Waals surface area contributed by atoms with Crippen LogP contribution in [0.25, 0.3) is 0 Å². The maximum Gasteiger partial charge on any atom is 0.314 e. The van der Waals surface area contributed by atoms with Gasteiger partial charge in [0.1, 0.15) is 17.3 Å². The van der Waals surface area contributed by atoms with Crippen LogP contribution in [0.4, 0.5) is 10.1 Å². The summed E-state index contributed by atoms with van der Waals surface area (Å²) in [4.78, 5) is 14.3. The van der Waals surface area contributed by atoms with E-state index in [1.165, 1.54) is 6.07 Å². The Morgan fingerprint density at radius 2 is 1.92 bits per heavy atom. The van der Waals surface area contributed by atoms with Gasteiger partial charge in [0.2, 0.25) is 5.75 Å². The number of hydrogen-bond donors (Lipinski definition) is 0. The minimum Gasteiger partial charge on any atom is -0.484 e. The van der Waals surface area contributed by atoms with E-state index in [0.717, 1.165) is 12.1 Å². The summed E-state index contributed by atoms with van der Waals surface area (Å²) in [6.45, 7) is 1.82. The Morgan fingerprint density at radius 1 is 1.20 bits per heavy atom. The molecule has 0 unspecified atom stereocenters. The molecule has 0 spiro atoms. The second kappa shape index (κ2) is 6.95. The van der Waals surface area contributed by atoms with E-state index in [4.69, 9.17) is 14.0 Å². The van der Waals surface area contributed by atoms with Crippen molar-refractivity contribution in [2.45, 2.75) is 13.5 Å². The standard InChI is InChI=1S/C16H12FN3O5/c1-10-18-16(25-19-10)9-23-12-3-5-13(6-4-12)24-15-7-2-11(17)8-14(15)20(21)22/h2-8H,9H2,1H3. The molecule has 1 heterocycles. The number of nitro benzene ring substituents is 1. The lowest BCUT2D eigenvalue weighted by molar-refractivity contribution is -0.385. The van der Waals surface area contributed by atoms with Gasteiger partial charge in [-0.25, -0.2) is 4.39 Å². The summed E-state index contributed by atoms with van der Waals surface area (Å²) < 4.78 is 29.0. The topological polar surface area (TPSA) is 101 Å². The summed E-state index contributed by atoms with van der Waals surface area (Å²) in [5.41, 5.74) is -0.452. The molecule has 0 amide bonds. The van der Waals surface area contributed by atoms with E-state index < -0.39 is 16.4 Å². The Labute approximate surface area is 141 Å². The van der Waals surface area contributed by atoms with Crippen molar-refractivity contribution in [3.8, 4) is 17.2 Å². The normalized spacial score (nSPS) is 10.5. The monoisotopic (exact) mass is 345 g/mol. The van der Waals surface area contributed by atoms with Crippen molar-refractivity contribution in [3.63, 3.8) is 0 Å². The Balaban J connectivity index is 1.67. The highest BCUT2D eigenvalue weighted by atomic mass is 19.1. The molecule has 1 aromatic heterocycles. The molecular weight excluding hydrogens is 333 g/mol. The first-order valence-electron chi connectivity index (χ1n) is 7.15. The van der Waals surface area contributed by atoms with Gasteiger partial charge in [-0.1, -0.05) is 5.16 Å². The molecule has 0 N–H and O–H groups in total. The number of hydrogen-bond acceptors (Lipinski definition) is 7. The van der Waals surface area contributed by atoms with Gasteiger partial charge in [-0.05, 0) is 43.3 Å². The minimum atomic E-state index is -0.709. The van der Waals surface area contributed by atoms with E-state index in [1.54, 1.807) is 31.2 Å². The van der Waals surface area contributed by atoms with Crippen molar-refractivity contribution in [2.75, 3.05) is 0 Å². The van der Waals surface area contributed by atoms with E-state index in [2.05, 4.69) is 10.1 Å². The fraction of sp³-hybridized carbons (Fsp3) is 0.125. The van der Waals surface area contributed by atoms with Crippen molar-refractivity contribution in [2.24, 2.45) is 0 Å². The van der Waals surface area contributed by atoms with Crippen molar-refractivity contribution in [3.05, 3.63) is 70.1 Å². The van der Waals surface area contributed by atoms with E-state index in [1.807, 2.05) is 0 Å². The summed E-state index contributed by atoms with van der Waals surface area (Å²) in [5.74, 6) is 0.968. The maximum absolute atomic E-state index is 13.1. The fourth-order valence-electron chi connectivity index (χ4n) is 1.99. The molecular formula is C16H12FN3O5. The zero-order chi connectivity index (χ0) is 17.8. The lowest BCUT2D eigenvalue weighted by Gasteiger charge is -2.08. The van der Waals surface area contributed by atoms with Crippen molar-refractivity contribution in [1.82, 2.24) is 10.1 Å². The zero-order valence-electron chi connectivity index (χ0n) is 13.0. The van der Waals surface area contributed by atoms with E-state index in [0.29, 0.717) is 23.2 Å². The van der Waals surface area contributed by atoms with E-state index in [9.17, 15) is 14.5 Å². The molecule has 0 saturated heterocycles. The quantitative estimate of drug-likeness (QED) is 0.495. The third kappa shape index (κ3) is 4.08. The number of nitrogens with zero attached hydrogens (tertiary/aromatic N) is 3. The fourth-order valence-corrected chi connectivity index (χ4v) is 1.99. The first-order chi connectivity index (χ1) is 12.0. The molecule has 128 valence electrons. The van der Waals surface area contributed by atoms with Crippen LogP contribution in [0.3, 0.4) is 0 Å². The van der Waals surface area contributed by atoms with E-state index >= 15 is 0 Å². The van der Waals surface area contributed by atoms with Crippen LogP contribution in [-0.2, 0) is 6.61 Å². The predicted molar refractivity (Wildman–Crippen MR) is 82.9 cm³/mol. The second-order valence-corrected chi connectivity index (χ2v) is 4.97. The summed E-state index contributed by atoms with van der Waals surface area (Å²) in [6, 6.07) is 9.48. The average molecular weight is 345 g/mol. The molecule has 0 bridgehead atoms. The molecule has 2 aromatic carbocycles. The van der Waals surface area contributed by atoms with Crippen LogP contribution in [0.1, 0.15) is 11.7 Å². The molecule has 0 aliphatic rings. The van der Waals surface area contributed by atoms with Crippen molar-refractivity contribution in [1.29, 1.82) is 0 Å². The number of nitro groups is 1. The van der Waals surface area contributed by atoms with Crippen LogP contribution in [0.15, 0.2) is 47.0 Å². The number of rotatable bonds is 6. The van der Waals surface area contributed by atoms with Gasteiger partial charge in [-0.2, -0.15) is 4.98 Å². The van der Waals surface area contributed by atoms with Gasteiger partial charge in [0.05, 0.1) is 11.0 Å². The molecule has 3 aromatic rings. The number of aryl methyl sites for hydroxylation is 1. The largest absolute Gasteiger partial charge is 0.484 e. The first kappa shape index (κ1) is 16.4. The van der Waals surface area contributed by atoms with Crippen molar-refractivity contribution < 1.29 is 23.3 Å². The maximum atomic E-state index is 13.1. The van der Waals surface area contributed by atoms with Gasteiger partial charge in [-0.3, -0.25) is 10.1 Å². The Morgan fingerprint density at radius 3 is 2.56 bits per heavy atom. The summed E-state index contributed by atoms with van der Waals surface area (Å²) >= 11 is 0. The number of aromatic nitrogens is 2. The molecule has 9 heteroatoms. The average Bonchev–Trinajstić information content (AvgIpc) is 3.01. The second-order valence-electron chi connectivity index (χ2n) is 4.97. The van der Waals surface area contributed by atoms with E-state index in [-0.39, 0.29) is 12.4 Å². The van der Waals surface area contributed by atoms with Crippen LogP contribution < -0.4 is 9.47 Å². The van der Waals surface area contributed by atoms with Crippen LogP contribution in [0, 0.1) is 22.9 Å². The van der Waals surface area contributed by atoms with Crippen molar-refractivity contribution >= 4 is 5.69 Å². The molecule has 0 aliphatic heterocycles. The van der Waals surface area contributed by atoms with Crippen LogP contribution in [0.5, 0.6) is 17.2 Å². The first-order valence-corrected chi connectivity index (χ1v) is 7.15. The Kier molecular flexibility index (Phi) is 4.55. The van der Waals surface area contributed by atoms with Crippen LogP contribution >= 0.6 is 0 Å².